The summed E-state index contributed by atoms with van der Waals surface area (Å²) in [6.45, 7) is 4.44. The monoisotopic (exact) mass is 276 g/mol. The largest absolute Gasteiger partial charge is 0.352 e. The Morgan fingerprint density at radius 2 is 2.12 bits per heavy atom. The molecule has 3 nitrogen and oxygen atoms in total. The first-order valence-electron chi connectivity index (χ1n) is 5.18. The van der Waals surface area contributed by atoms with Crippen LogP contribution in [0, 0.1) is 5.41 Å². The van der Waals surface area contributed by atoms with Gasteiger partial charge in [-0.2, -0.15) is 0 Å². The van der Waals surface area contributed by atoms with Crippen molar-refractivity contribution in [3.63, 3.8) is 0 Å². The molecule has 0 radical (unpaired) electrons. The molecule has 1 aromatic carbocycles. The predicted molar refractivity (Wildman–Crippen MR) is 73.4 cm³/mol. The number of halogens is 2. The SMILES string of the molecule is CC(C)(CN)C(=O)NCc1cccc(Cl)c1.Cl. The van der Waals surface area contributed by atoms with E-state index in [1.54, 1.807) is 6.07 Å². The smallest absolute Gasteiger partial charge is 0.227 e. The van der Waals surface area contributed by atoms with Gasteiger partial charge in [0.2, 0.25) is 5.91 Å². The molecule has 3 N–H and O–H groups in total. The minimum Gasteiger partial charge on any atom is -0.352 e. The number of hydrogen-bond acceptors (Lipinski definition) is 2. The standard InChI is InChI=1S/C12H17ClN2O.ClH/c1-12(2,8-14)11(16)15-7-9-4-3-5-10(13)6-9;/h3-6H,7-8,14H2,1-2H3,(H,15,16);1H. The van der Waals surface area contributed by atoms with Gasteiger partial charge in [0.25, 0.3) is 0 Å². The van der Waals surface area contributed by atoms with Crippen LogP contribution in [0.5, 0.6) is 0 Å². The number of hydrogen-bond donors (Lipinski definition) is 2. The third-order valence-corrected chi connectivity index (χ3v) is 2.70. The highest BCUT2D eigenvalue weighted by atomic mass is 35.5. The summed E-state index contributed by atoms with van der Waals surface area (Å²) in [5.41, 5.74) is 5.97. The number of amides is 1. The molecule has 0 spiro atoms. The van der Waals surface area contributed by atoms with Crippen molar-refractivity contribution in [2.75, 3.05) is 6.54 Å². The van der Waals surface area contributed by atoms with Crippen molar-refractivity contribution in [2.24, 2.45) is 11.1 Å². The van der Waals surface area contributed by atoms with Crippen molar-refractivity contribution < 1.29 is 4.79 Å². The molecule has 0 saturated carbocycles. The van der Waals surface area contributed by atoms with E-state index in [0.717, 1.165) is 5.56 Å². The van der Waals surface area contributed by atoms with Crippen molar-refractivity contribution in [2.45, 2.75) is 20.4 Å². The van der Waals surface area contributed by atoms with Gasteiger partial charge >= 0.3 is 0 Å². The van der Waals surface area contributed by atoms with Crippen LogP contribution in [-0.4, -0.2) is 12.5 Å². The molecule has 1 aromatic rings. The first kappa shape index (κ1) is 16.2. The van der Waals surface area contributed by atoms with Crippen LogP contribution >= 0.6 is 24.0 Å². The highest BCUT2D eigenvalue weighted by Gasteiger charge is 2.25. The van der Waals surface area contributed by atoms with Crippen LogP contribution in [0.25, 0.3) is 0 Å². The van der Waals surface area contributed by atoms with E-state index < -0.39 is 5.41 Å². The number of carbonyl (C=O) groups is 1. The van der Waals surface area contributed by atoms with E-state index in [-0.39, 0.29) is 18.3 Å². The number of carbonyl (C=O) groups excluding carboxylic acids is 1. The lowest BCUT2D eigenvalue weighted by atomic mass is 9.92. The van der Waals surface area contributed by atoms with Crippen LogP contribution in [0.15, 0.2) is 24.3 Å². The Bertz CT molecular complexity index is 381. The lowest BCUT2D eigenvalue weighted by molar-refractivity contribution is -0.129. The molecule has 1 amide bonds. The van der Waals surface area contributed by atoms with Gasteiger partial charge in [0.05, 0.1) is 5.41 Å². The normalized spacial score (nSPS) is 10.6. The fourth-order valence-electron chi connectivity index (χ4n) is 1.16. The van der Waals surface area contributed by atoms with Crippen LogP contribution in [0.1, 0.15) is 19.4 Å². The first-order chi connectivity index (χ1) is 7.45. The second-order valence-corrected chi connectivity index (χ2v) is 4.84. The van der Waals surface area contributed by atoms with Gasteiger partial charge in [0.15, 0.2) is 0 Å². The van der Waals surface area contributed by atoms with Gasteiger partial charge in [-0.25, -0.2) is 0 Å². The van der Waals surface area contributed by atoms with Gasteiger partial charge in [0, 0.05) is 18.1 Å². The van der Waals surface area contributed by atoms with E-state index in [1.807, 2.05) is 32.0 Å². The van der Waals surface area contributed by atoms with Crippen molar-refractivity contribution in [3.05, 3.63) is 34.9 Å². The molecule has 96 valence electrons. The van der Waals surface area contributed by atoms with E-state index in [9.17, 15) is 4.79 Å². The number of nitrogens with one attached hydrogen (secondary N) is 1. The summed E-state index contributed by atoms with van der Waals surface area (Å²) in [5.74, 6) is -0.0463. The van der Waals surface area contributed by atoms with Crippen LogP contribution in [-0.2, 0) is 11.3 Å². The van der Waals surface area contributed by atoms with Crippen LogP contribution in [0.2, 0.25) is 5.02 Å². The maximum Gasteiger partial charge on any atom is 0.227 e. The summed E-state index contributed by atoms with van der Waals surface area (Å²) < 4.78 is 0. The third kappa shape index (κ3) is 4.94. The van der Waals surface area contributed by atoms with Crippen LogP contribution in [0.3, 0.4) is 0 Å². The third-order valence-electron chi connectivity index (χ3n) is 2.47. The Labute approximate surface area is 113 Å². The summed E-state index contributed by atoms with van der Waals surface area (Å²) in [4.78, 5) is 11.7. The first-order valence-corrected chi connectivity index (χ1v) is 5.56. The highest BCUT2D eigenvalue weighted by molar-refractivity contribution is 6.30. The maximum absolute atomic E-state index is 11.7. The maximum atomic E-state index is 11.7. The molecule has 0 aromatic heterocycles. The van der Waals surface area contributed by atoms with E-state index in [4.69, 9.17) is 17.3 Å². The van der Waals surface area contributed by atoms with E-state index in [2.05, 4.69) is 5.32 Å². The van der Waals surface area contributed by atoms with Crippen molar-refractivity contribution >= 4 is 29.9 Å². The molecule has 0 heterocycles. The minimum atomic E-state index is -0.529. The molecule has 0 aliphatic carbocycles. The molecule has 0 bridgehead atoms. The van der Waals surface area contributed by atoms with Gasteiger partial charge in [-0.15, -0.1) is 12.4 Å². The van der Waals surface area contributed by atoms with Crippen LogP contribution < -0.4 is 11.1 Å². The van der Waals surface area contributed by atoms with Crippen LogP contribution in [0.4, 0.5) is 0 Å². The van der Waals surface area contributed by atoms with Crippen molar-refractivity contribution in [1.82, 2.24) is 5.32 Å². The minimum absolute atomic E-state index is 0. The molecular weight excluding hydrogens is 259 g/mol. The van der Waals surface area contributed by atoms with Gasteiger partial charge in [0.1, 0.15) is 0 Å². The number of benzene rings is 1. The average molecular weight is 277 g/mol. The van der Waals surface area contributed by atoms with E-state index >= 15 is 0 Å². The molecule has 0 atom stereocenters. The molecule has 1 rings (SSSR count). The van der Waals surface area contributed by atoms with Gasteiger partial charge < -0.3 is 11.1 Å². The summed E-state index contributed by atoms with van der Waals surface area (Å²) >= 11 is 5.84. The fourth-order valence-corrected chi connectivity index (χ4v) is 1.37. The Morgan fingerprint density at radius 3 is 2.65 bits per heavy atom. The molecule has 0 aliphatic rings. The molecule has 0 saturated heterocycles. The Balaban J connectivity index is 0.00000256. The zero-order chi connectivity index (χ0) is 12.2. The van der Waals surface area contributed by atoms with Crippen molar-refractivity contribution in [1.29, 1.82) is 0 Å². The fraction of sp³-hybridized carbons (Fsp3) is 0.417. The molecule has 0 unspecified atom stereocenters. The number of rotatable bonds is 4. The Kier molecular flexibility index (Phi) is 6.53. The lowest BCUT2D eigenvalue weighted by Crippen LogP contribution is -2.41. The second kappa shape index (κ2) is 6.84. The van der Waals surface area contributed by atoms with E-state index in [0.29, 0.717) is 18.1 Å². The summed E-state index contributed by atoms with van der Waals surface area (Å²) in [6.07, 6.45) is 0. The molecular formula is C12H18Cl2N2O. The topological polar surface area (TPSA) is 55.1 Å². The summed E-state index contributed by atoms with van der Waals surface area (Å²) in [7, 11) is 0. The zero-order valence-electron chi connectivity index (χ0n) is 10.00. The van der Waals surface area contributed by atoms with E-state index in [1.165, 1.54) is 0 Å². The summed E-state index contributed by atoms with van der Waals surface area (Å²) in [6, 6.07) is 7.41. The molecule has 0 aliphatic heterocycles. The zero-order valence-corrected chi connectivity index (χ0v) is 11.6. The van der Waals surface area contributed by atoms with Gasteiger partial charge in [-0.1, -0.05) is 23.7 Å². The molecule has 17 heavy (non-hydrogen) atoms. The Hall–Kier alpha value is -0.770. The quantitative estimate of drug-likeness (QED) is 0.887. The average Bonchev–Trinajstić information content (AvgIpc) is 2.26. The van der Waals surface area contributed by atoms with Gasteiger partial charge in [-0.3, -0.25) is 4.79 Å². The Morgan fingerprint density at radius 1 is 1.47 bits per heavy atom. The van der Waals surface area contributed by atoms with Crippen molar-refractivity contribution in [3.8, 4) is 0 Å². The highest BCUT2D eigenvalue weighted by Crippen LogP contribution is 2.14. The summed E-state index contributed by atoms with van der Waals surface area (Å²) in [5, 5.41) is 3.51. The van der Waals surface area contributed by atoms with Gasteiger partial charge in [-0.05, 0) is 31.5 Å². The molecule has 0 fully saturated rings. The molecule has 5 heteroatoms. The lowest BCUT2D eigenvalue weighted by Gasteiger charge is -2.21. The number of nitrogens with two attached hydrogens (primary N) is 1. The predicted octanol–water partition coefficient (Wildman–Crippen LogP) is 2.36. The second-order valence-electron chi connectivity index (χ2n) is 4.40.